The second-order valence-corrected chi connectivity index (χ2v) is 7.64. The molecule has 0 saturated carbocycles. The van der Waals surface area contributed by atoms with E-state index in [0.29, 0.717) is 32.5 Å². The van der Waals surface area contributed by atoms with Gasteiger partial charge in [0.15, 0.2) is 0 Å². The summed E-state index contributed by atoms with van der Waals surface area (Å²) in [5.74, 6) is 0.254. The van der Waals surface area contributed by atoms with Crippen LogP contribution in [0, 0.1) is 0 Å². The molecule has 2 aromatic carbocycles. The zero-order valence-electron chi connectivity index (χ0n) is 17.9. The number of benzene rings is 2. The SMILES string of the molecule is CCN(CC)c1ccc(/C=N\NC(=O)c2cccnc2)c(OCc2c(Cl)cccc2Cl)c1. The first kappa shape index (κ1) is 23.6. The third kappa shape index (κ3) is 5.99. The Bertz CT molecular complexity index is 1070. The van der Waals surface area contributed by atoms with Gasteiger partial charge >= 0.3 is 0 Å². The van der Waals surface area contributed by atoms with Crippen LogP contribution in [-0.2, 0) is 6.61 Å². The van der Waals surface area contributed by atoms with Gasteiger partial charge in [0.1, 0.15) is 12.4 Å². The van der Waals surface area contributed by atoms with Crippen molar-refractivity contribution in [1.29, 1.82) is 0 Å². The van der Waals surface area contributed by atoms with E-state index in [1.165, 1.54) is 6.20 Å². The highest BCUT2D eigenvalue weighted by molar-refractivity contribution is 6.35. The Balaban J connectivity index is 1.83. The average molecular weight is 471 g/mol. The minimum atomic E-state index is -0.348. The molecule has 0 atom stereocenters. The number of aromatic nitrogens is 1. The molecule has 0 aliphatic heterocycles. The largest absolute Gasteiger partial charge is 0.488 e. The molecule has 0 aliphatic rings. The fraction of sp³-hybridized carbons (Fsp3) is 0.208. The van der Waals surface area contributed by atoms with Gasteiger partial charge in [0.25, 0.3) is 5.91 Å². The fourth-order valence-corrected chi connectivity index (χ4v) is 3.59. The van der Waals surface area contributed by atoms with Gasteiger partial charge in [0, 0.05) is 58.4 Å². The Kier molecular flexibility index (Phi) is 8.48. The van der Waals surface area contributed by atoms with Crippen LogP contribution >= 0.6 is 23.2 Å². The van der Waals surface area contributed by atoms with E-state index in [9.17, 15) is 4.79 Å². The van der Waals surface area contributed by atoms with E-state index in [1.807, 2.05) is 18.2 Å². The van der Waals surface area contributed by atoms with Crippen molar-refractivity contribution in [2.45, 2.75) is 20.5 Å². The van der Waals surface area contributed by atoms with Crippen LogP contribution in [0.2, 0.25) is 10.0 Å². The molecule has 0 saturated heterocycles. The first-order chi connectivity index (χ1) is 15.5. The van der Waals surface area contributed by atoms with E-state index in [2.05, 4.69) is 34.3 Å². The molecule has 6 nitrogen and oxygen atoms in total. The number of hydrazone groups is 1. The van der Waals surface area contributed by atoms with E-state index in [1.54, 1.807) is 42.7 Å². The summed E-state index contributed by atoms with van der Waals surface area (Å²) in [4.78, 5) is 18.3. The van der Waals surface area contributed by atoms with Gasteiger partial charge in [-0.3, -0.25) is 9.78 Å². The van der Waals surface area contributed by atoms with Gasteiger partial charge in [-0.25, -0.2) is 5.43 Å². The number of hydrogen-bond acceptors (Lipinski definition) is 5. The smallest absolute Gasteiger partial charge is 0.272 e. The van der Waals surface area contributed by atoms with E-state index in [4.69, 9.17) is 27.9 Å². The second-order valence-electron chi connectivity index (χ2n) is 6.82. The summed E-state index contributed by atoms with van der Waals surface area (Å²) in [6.07, 6.45) is 4.63. The molecule has 32 heavy (non-hydrogen) atoms. The molecular formula is C24H24Cl2N4O2. The highest BCUT2D eigenvalue weighted by Crippen LogP contribution is 2.29. The summed E-state index contributed by atoms with van der Waals surface area (Å²) in [6.45, 7) is 6.11. The molecule has 0 spiro atoms. The molecule has 166 valence electrons. The van der Waals surface area contributed by atoms with Gasteiger partial charge in [0.2, 0.25) is 0 Å². The molecule has 1 aromatic heterocycles. The van der Waals surface area contributed by atoms with E-state index >= 15 is 0 Å². The van der Waals surface area contributed by atoms with E-state index in [-0.39, 0.29) is 12.5 Å². The number of nitrogens with zero attached hydrogens (tertiary/aromatic N) is 3. The number of ether oxygens (including phenoxy) is 1. The minimum Gasteiger partial charge on any atom is -0.488 e. The van der Waals surface area contributed by atoms with Gasteiger partial charge in [0.05, 0.1) is 11.8 Å². The lowest BCUT2D eigenvalue weighted by Crippen LogP contribution is -2.22. The Morgan fingerprint density at radius 2 is 1.88 bits per heavy atom. The Labute approximate surface area is 197 Å². The maximum Gasteiger partial charge on any atom is 0.272 e. The molecular weight excluding hydrogens is 447 g/mol. The lowest BCUT2D eigenvalue weighted by molar-refractivity contribution is 0.0954. The van der Waals surface area contributed by atoms with Crippen molar-refractivity contribution in [3.63, 3.8) is 0 Å². The second kappa shape index (κ2) is 11.5. The molecule has 0 unspecified atom stereocenters. The lowest BCUT2D eigenvalue weighted by Gasteiger charge is -2.22. The average Bonchev–Trinajstić information content (AvgIpc) is 2.81. The molecule has 8 heteroatoms. The normalized spacial score (nSPS) is 10.9. The van der Waals surface area contributed by atoms with Gasteiger partial charge in [-0.15, -0.1) is 0 Å². The van der Waals surface area contributed by atoms with Crippen molar-refractivity contribution < 1.29 is 9.53 Å². The first-order valence-electron chi connectivity index (χ1n) is 10.2. The Morgan fingerprint density at radius 3 is 2.53 bits per heavy atom. The monoisotopic (exact) mass is 470 g/mol. The molecule has 1 amide bonds. The number of pyridine rings is 1. The number of amides is 1. The van der Waals surface area contributed by atoms with Crippen LogP contribution in [0.4, 0.5) is 5.69 Å². The van der Waals surface area contributed by atoms with E-state index in [0.717, 1.165) is 18.8 Å². The van der Waals surface area contributed by atoms with Crippen LogP contribution in [0.3, 0.4) is 0 Å². The van der Waals surface area contributed by atoms with Crippen LogP contribution in [0.15, 0.2) is 66.0 Å². The molecule has 1 heterocycles. The van der Waals surface area contributed by atoms with Gasteiger partial charge in [-0.05, 0) is 50.2 Å². The fourth-order valence-electron chi connectivity index (χ4n) is 3.08. The molecule has 0 radical (unpaired) electrons. The number of anilines is 1. The quantitative estimate of drug-likeness (QED) is 0.327. The maximum absolute atomic E-state index is 12.2. The summed E-state index contributed by atoms with van der Waals surface area (Å²) >= 11 is 12.6. The van der Waals surface area contributed by atoms with Crippen LogP contribution in [0.5, 0.6) is 5.75 Å². The predicted octanol–water partition coefficient (Wildman–Crippen LogP) is 5.58. The van der Waals surface area contributed by atoms with Crippen molar-refractivity contribution in [2.75, 3.05) is 18.0 Å². The highest BCUT2D eigenvalue weighted by atomic mass is 35.5. The number of carbonyl (C=O) groups is 1. The Hall–Kier alpha value is -3.09. The molecule has 0 bridgehead atoms. The Morgan fingerprint density at radius 1 is 1.12 bits per heavy atom. The molecule has 3 rings (SSSR count). The van der Waals surface area contributed by atoms with E-state index < -0.39 is 0 Å². The number of carbonyl (C=O) groups excluding carboxylic acids is 1. The van der Waals surface area contributed by atoms with Crippen LogP contribution in [0.1, 0.15) is 35.3 Å². The molecule has 0 fully saturated rings. The summed E-state index contributed by atoms with van der Waals surface area (Å²) in [5, 5.41) is 5.16. The third-order valence-corrected chi connectivity index (χ3v) is 5.56. The first-order valence-corrected chi connectivity index (χ1v) is 11.0. The van der Waals surface area contributed by atoms with Crippen molar-refractivity contribution in [2.24, 2.45) is 5.10 Å². The van der Waals surface area contributed by atoms with Crippen LogP contribution in [-0.4, -0.2) is 30.2 Å². The minimum absolute atomic E-state index is 0.198. The summed E-state index contributed by atoms with van der Waals surface area (Å²) < 4.78 is 6.10. The molecule has 3 aromatic rings. The molecule has 0 aliphatic carbocycles. The standard InChI is InChI=1S/C24H24Cl2N4O2/c1-3-30(4-2)19-11-10-17(15-28-29-24(31)18-7-6-12-27-14-18)23(13-19)32-16-20-21(25)8-5-9-22(20)26/h5-15H,3-4,16H2,1-2H3,(H,29,31)/b28-15-. The van der Waals surface area contributed by atoms with Gasteiger partial charge in [-0.2, -0.15) is 5.10 Å². The number of hydrogen-bond donors (Lipinski definition) is 1. The van der Waals surface area contributed by atoms with Crippen molar-refractivity contribution in [3.8, 4) is 5.75 Å². The topological polar surface area (TPSA) is 66.8 Å². The van der Waals surface area contributed by atoms with Crippen LogP contribution < -0.4 is 15.1 Å². The lowest BCUT2D eigenvalue weighted by atomic mass is 10.1. The summed E-state index contributed by atoms with van der Waals surface area (Å²) in [5.41, 5.74) is 5.36. The zero-order chi connectivity index (χ0) is 22.9. The molecule has 1 N–H and O–H groups in total. The number of halogens is 2. The highest BCUT2D eigenvalue weighted by Gasteiger charge is 2.11. The zero-order valence-corrected chi connectivity index (χ0v) is 19.4. The van der Waals surface area contributed by atoms with Gasteiger partial charge in [-0.1, -0.05) is 29.3 Å². The predicted molar refractivity (Wildman–Crippen MR) is 130 cm³/mol. The van der Waals surface area contributed by atoms with Crippen molar-refractivity contribution in [1.82, 2.24) is 10.4 Å². The van der Waals surface area contributed by atoms with Gasteiger partial charge < -0.3 is 9.64 Å². The summed E-state index contributed by atoms with van der Waals surface area (Å²) in [6, 6.07) is 14.5. The third-order valence-electron chi connectivity index (χ3n) is 4.85. The summed E-state index contributed by atoms with van der Waals surface area (Å²) in [7, 11) is 0. The maximum atomic E-state index is 12.2. The van der Waals surface area contributed by atoms with Crippen molar-refractivity contribution in [3.05, 3.63) is 87.7 Å². The number of nitrogens with one attached hydrogen (secondary N) is 1. The number of rotatable bonds is 9. The van der Waals surface area contributed by atoms with Crippen molar-refractivity contribution >= 4 is 41.0 Å². The van der Waals surface area contributed by atoms with Crippen LogP contribution in [0.25, 0.3) is 0 Å².